The Hall–Kier alpha value is -0.273. The van der Waals surface area contributed by atoms with Crippen molar-refractivity contribution in [2.45, 2.75) is 59.0 Å². The zero-order chi connectivity index (χ0) is 13.1. The summed E-state index contributed by atoms with van der Waals surface area (Å²) in [7, 11) is -1.81. The van der Waals surface area contributed by atoms with Crippen LogP contribution in [0.15, 0.2) is 18.2 Å². The molecule has 0 saturated carbocycles. The molecule has 0 heterocycles. The van der Waals surface area contributed by atoms with Crippen molar-refractivity contribution < 1.29 is 0 Å². The molecule has 0 N–H and O–H groups in total. The summed E-state index contributed by atoms with van der Waals surface area (Å²) in [5.41, 5.74) is 3.49. The minimum absolute atomic E-state index is 0.626. The van der Waals surface area contributed by atoms with Gasteiger partial charge in [0.05, 0.1) is 0 Å². The van der Waals surface area contributed by atoms with Crippen molar-refractivity contribution >= 4 is 23.6 Å². The molecule has 0 aromatic heterocycles. The normalized spacial score (nSPS) is 16.6. The fourth-order valence-electron chi connectivity index (χ4n) is 2.12. The molecule has 0 nitrogen and oxygen atoms in total. The third-order valence-electron chi connectivity index (χ3n) is 3.97. The Morgan fingerprint density at radius 2 is 1.53 bits per heavy atom. The van der Waals surface area contributed by atoms with Crippen LogP contribution in [0.5, 0.6) is 0 Å². The van der Waals surface area contributed by atoms with Crippen molar-refractivity contribution in [3.63, 3.8) is 0 Å². The summed E-state index contributed by atoms with van der Waals surface area (Å²) in [6.07, 6.45) is 3.37. The highest BCUT2D eigenvalue weighted by molar-refractivity contribution is 7.27. The molecule has 0 aliphatic carbocycles. The molecule has 0 aliphatic heterocycles. The third-order valence-corrected chi connectivity index (χ3v) is 9.42. The van der Waals surface area contributed by atoms with Gasteiger partial charge in [0.2, 0.25) is 0 Å². The largest absolute Gasteiger partial charge is 0.186 e. The van der Waals surface area contributed by atoms with E-state index in [0.717, 1.165) is 12.8 Å². The monoisotopic (exact) mass is 268 g/mol. The zero-order valence-electron chi connectivity index (χ0n) is 11.8. The first-order valence-electron chi connectivity index (χ1n) is 6.77. The van der Waals surface area contributed by atoms with Gasteiger partial charge in [0.15, 0.2) is 7.38 Å². The van der Waals surface area contributed by atoms with Crippen molar-refractivity contribution in [3.8, 4) is 0 Å². The summed E-state index contributed by atoms with van der Waals surface area (Å²) in [4.78, 5) is 0. The van der Waals surface area contributed by atoms with Crippen LogP contribution in [0.2, 0.25) is 12.1 Å². The standard InChI is InChI=1S/C15H25ClSi/c1-6-12(4)17(5,16)15-10-13(7-2)9-14(8-3)11-15/h9-12H,6-8H2,1-5H3. The van der Waals surface area contributed by atoms with Gasteiger partial charge in [-0.05, 0) is 34.7 Å². The summed E-state index contributed by atoms with van der Waals surface area (Å²) < 4.78 is 0. The van der Waals surface area contributed by atoms with Gasteiger partial charge in [-0.3, -0.25) is 0 Å². The summed E-state index contributed by atoms with van der Waals surface area (Å²) in [5, 5.41) is 1.42. The lowest BCUT2D eigenvalue weighted by Gasteiger charge is -2.27. The van der Waals surface area contributed by atoms with Gasteiger partial charge in [-0.1, -0.05) is 58.9 Å². The van der Waals surface area contributed by atoms with Crippen LogP contribution in [0.3, 0.4) is 0 Å². The van der Waals surface area contributed by atoms with E-state index in [4.69, 9.17) is 11.1 Å². The van der Waals surface area contributed by atoms with E-state index in [1.165, 1.54) is 22.7 Å². The van der Waals surface area contributed by atoms with Crippen LogP contribution in [-0.4, -0.2) is 7.38 Å². The highest BCUT2D eigenvalue weighted by atomic mass is 35.6. The van der Waals surface area contributed by atoms with E-state index in [-0.39, 0.29) is 0 Å². The highest BCUT2D eigenvalue weighted by Gasteiger charge is 2.33. The molecule has 0 spiro atoms. The highest BCUT2D eigenvalue weighted by Crippen LogP contribution is 2.28. The molecule has 1 aromatic rings. The molecular weight excluding hydrogens is 244 g/mol. The minimum Gasteiger partial charge on any atom is -0.161 e. The predicted molar refractivity (Wildman–Crippen MR) is 82.0 cm³/mol. The SMILES string of the molecule is CCc1cc(CC)cc([Si](C)(Cl)C(C)CC)c1. The number of halogens is 1. The first-order valence-corrected chi connectivity index (χ1v) is 10.4. The van der Waals surface area contributed by atoms with Gasteiger partial charge in [0.1, 0.15) is 0 Å². The molecule has 1 rings (SSSR count). The van der Waals surface area contributed by atoms with Gasteiger partial charge in [-0.25, -0.2) is 0 Å². The molecule has 2 atom stereocenters. The van der Waals surface area contributed by atoms with Crippen molar-refractivity contribution in [2.75, 3.05) is 0 Å². The lowest BCUT2D eigenvalue weighted by atomic mass is 10.1. The van der Waals surface area contributed by atoms with Crippen molar-refractivity contribution in [1.29, 1.82) is 0 Å². The van der Waals surface area contributed by atoms with Crippen LogP contribution in [-0.2, 0) is 12.8 Å². The van der Waals surface area contributed by atoms with E-state index >= 15 is 0 Å². The van der Waals surface area contributed by atoms with Gasteiger partial charge in [-0.2, -0.15) is 11.1 Å². The van der Waals surface area contributed by atoms with Gasteiger partial charge in [-0.15, -0.1) is 0 Å². The van der Waals surface area contributed by atoms with Crippen LogP contribution in [0.4, 0.5) is 0 Å². The molecule has 2 heteroatoms. The second-order valence-corrected chi connectivity index (χ2v) is 11.2. The fraction of sp³-hybridized carbons (Fsp3) is 0.600. The van der Waals surface area contributed by atoms with Crippen molar-refractivity contribution in [3.05, 3.63) is 29.3 Å². The minimum atomic E-state index is -1.81. The molecule has 0 radical (unpaired) electrons. The number of rotatable bonds is 5. The Bertz CT molecular complexity index is 349. The summed E-state index contributed by atoms with van der Waals surface area (Å²) in [5.74, 6) is 0. The molecule has 17 heavy (non-hydrogen) atoms. The summed E-state index contributed by atoms with van der Waals surface area (Å²) >= 11 is 6.91. The second kappa shape index (κ2) is 6.06. The number of benzene rings is 1. The lowest BCUT2D eigenvalue weighted by molar-refractivity contribution is 0.857. The first kappa shape index (κ1) is 14.8. The molecule has 0 amide bonds. The first-order chi connectivity index (χ1) is 7.95. The Labute approximate surface area is 112 Å². The number of hydrogen-bond acceptors (Lipinski definition) is 0. The molecule has 1 aromatic carbocycles. The van der Waals surface area contributed by atoms with Crippen molar-refractivity contribution in [2.24, 2.45) is 0 Å². The predicted octanol–water partition coefficient (Wildman–Crippen LogP) is 4.63. The van der Waals surface area contributed by atoms with Crippen LogP contribution < -0.4 is 5.19 Å². The van der Waals surface area contributed by atoms with Gasteiger partial charge >= 0.3 is 0 Å². The Balaban J connectivity index is 3.20. The quantitative estimate of drug-likeness (QED) is 0.539. The van der Waals surface area contributed by atoms with Gasteiger partial charge < -0.3 is 0 Å². The third kappa shape index (κ3) is 3.35. The van der Waals surface area contributed by atoms with E-state index in [1.807, 2.05) is 0 Å². The fourth-order valence-corrected chi connectivity index (χ4v) is 5.18. The summed E-state index contributed by atoms with van der Waals surface area (Å²) in [6, 6.07) is 7.00. The Kier molecular flexibility index (Phi) is 5.27. The van der Waals surface area contributed by atoms with Crippen LogP contribution in [0.1, 0.15) is 45.2 Å². The average molecular weight is 269 g/mol. The lowest BCUT2D eigenvalue weighted by Crippen LogP contribution is -2.43. The maximum atomic E-state index is 6.91. The molecule has 0 saturated heterocycles. The zero-order valence-corrected chi connectivity index (χ0v) is 13.6. The molecule has 0 fully saturated rings. The van der Waals surface area contributed by atoms with Crippen LogP contribution in [0.25, 0.3) is 0 Å². The van der Waals surface area contributed by atoms with Crippen LogP contribution >= 0.6 is 11.1 Å². The molecule has 2 unspecified atom stereocenters. The van der Waals surface area contributed by atoms with E-state index in [2.05, 4.69) is 52.4 Å². The molecule has 0 aliphatic rings. The van der Waals surface area contributed by atoms with E-state index in [1.54, 1.807) is 0 Å². The smallest absolute Gasteiger partial charge is 0.161 e. The van der Waals surface area contributed by atoms with E-state index < -0.39 is 7.38 Å². The maximum Gasteiger partial charge on any atom is 0.186 e. The average Bonchev–Trinajstić information content (AvgIpc) is 2.36. The molecular formula is C15H25ClSi. The maximum absolute atomic E-state index is 6.91. The number of aryl methyl sites for hydroxylation is 2. The van der Waals surface area contributed by atoms with E-state index in [0.29, 0.717) is 5.54 Å². The topological polar surface area (TPSA) is 0 Å². The van der Waals surface area contributed by atoms with E-state index in [9.17, 15) is 0 Å². The number of hydrogen-bond donors (Lipinski definition) is 0. The van der Waals surface area contributed by atoms with Gasteiger partial charge in [0, 0.05) is 0 Å². The Morgan fingerprint density at radius 3 is 1.88 bits per heavy atom. The Morgan fingerprint density at radius 1 is 1.06 bits per heavy atom. The second-order valence-electron chi connectivity index (χ2n) is 5.13. The van der Waals surface area contributed by atoms with Crippen LogP contribution in [0, 0.1) is 0 Å². The summed E-state index contributed by atoms with van der Waals surface area (Å²) in [6.45, 7) is 11.3. The molecule has 0 bridgehead atoms. The molecule has 96 valence electrons. The van der Waals surface area contributed by atoms with Gasteiger partial charge in [0.25, 0.3) is 0 Å². The van der Waals surface area contributed by atoms with Crippen molar-refractivity contribution in [1.82, 2.24) is 0 Å².